The van der Waals surface area contributed by atoms with E-state index in [0.717, 1.165) is 18.1 Å². The molecule has 3 heteroatoms. The van der Waals surface area contributed by atoms with E-state index >= 15 is 0 Å². The topological polar surface area (TPSA) is 29.5 Å². The lowest BCUT2D eigenvalue weighted by Crippen LogP contribution is -2.38. The molecule has 2 nitrogen and oxygen atoms in total. The van der Waals surface area contributed by atoms with Gasteiger partial charge in [0, 0.05) is 7.11 Å². The van der Waals surface area contributed by atoms with E-state index in [1.807, 2.05) is 19.2 Å². The molecule has 84 valence electrons. The standard InChI is InChI=1S/C12H20O2Si/c1-4-15(5-2,14-3)10-11-6-8-12(13)9-7-11/h6-9,13H,4-5,10H2,1-3H3. The van der Waals surface area contributed by atoms with Crippen molar-refractivity contribution >= 4 is 8.32 Å². The van der Waals surface area contributed by atoms with Gasteiger partial charge in [0.25, 0.3) is 0 Å². The summed E-state index contributed by atoms with van der Waals surface area (Å²) in [5, 5.41) is 9.21. The van der Waals surface area contributed by atoms with Gasteiger partial charge in [-0.1, -0.05) is 26.0 Å². The van der Waals surface area contributed by atoms with Crippen LogP contribution in [0.15, 0.2) is 24.3 Å². The minimum Gasteiger partial charge on any atom is -0.508 e. The van der Waals surface area contributed by atoms with Gasteiger partial charge in [-0.15, -0.1) is 0 Å². The normalized spacial score (nSPS) is 11.7. The smallest absolute Gasteiger partial charge is 0.196 e. The van der Waals surface area contributed by atoms with Gasteiger partial charge in [-0.05, 0) is 35.8 Å². The van der Waals surface area contributed by atoms with Gasteiger partial charge in [0.15, 0.2) is 8.32 Å². The number of phenols is 1. The number of benzene rings is 1. The van der Waals surface area contributed by atoms with Crippen molar-refractivity contribution < 1.29 is 9.53 Å². The molecule has 15 heavy (non-hydrogen) atoms. The second-order valence-corrected chi connectivity index (χ2v) is 8.48. The van der Waals surface area contributed by atoms with Crippen LogP contribution in [0.2, 0.25) is 12.1 Å². The van der Waals surface area contributed by atoms with Gasteiger partial charge in [0.05, 0.1) is 0 Å². The van der Waals surface area contributed by atoms with Gasteiger partial charge >= 0.3 is 0 Å². The summed E-state index contributed by atoms with van der Waals surface area (Å²) in [6.07, 6.45) is 0. The summed E-state index contributed by atoms with van der Waals surface area (Å²) in [5.41, 5.74) is 1.27. The van der Waals surface area contributed by atoms with E-state index in [4.69, 9.17) is 4.43 Å². The van der Waals surface area contributed by atoms with E-state index < -0.39 is 8.32 Å². The average molecular weight is 224 g/mol. The Balaban J connectivity index is 2.78. The highest BCUT2D eigenvalue weighted by Gasteiger charge is 2.29. The maximum atomic E-state index is 9.21. The molecule has 0 saturated heterocycles. The fraction of sp³-hybridized carbons (Fsp3) is 0.500. The molecule has 0 unspecified atom stereocenters. The summed E-state index contributed by atoms with van der Waals surface area (Å²) in [4.78, 5) is 0. The van der Waals surface area contributed by atoms with Crippen LogP contribution in [0.25, 0.3) is 0 Å². The molecule has 0 amide bonds. The lowest BCUT2D eigenvalue weighted by atomic mass is 10.2. The van der Waals surface area contributed by atoms with Gasteiger partial charge in [0.1, 0.15) is 5.75 Å². The maximum absolute atomic E-state index is 9.21. The molecule has 0 saturated carbocycles. The first-order valence-electron chi connectivity index (χ1n) is 5.49. The third kappa shape index (κ3) is 3.07. The van der Waals surface area contributed by atoms with Crippen molar-refractivity contribution in [3.05, 3.63) is 29.8 Å². The SMILES string of the molecule is CC[Si](CC)(Cc1ccc(O)cc1)OC. The summed E-state index contributed by atoms with van der Waals surface area (Å²) in [6, 6.07) is 10.8. The number of hydrogen-bond acceptors (Lipinski definition) is 2. The van der Waals surface area contributed by atoms with E-state index in [1.54, 1.807) is 12.1 Å². The van der Waals surface area contributed by atoms with Gasteiger partial charge in [0.2, 0.25) is 0 Å². The van der Waals surface area contributed by atoms with Crippen molar-refractivity contribution in [2.75, 3.05) is 7.11 Å². The monoisotopic (exact) mass is 224 g/mol. The molecule has 0 heterocycles. The van der Waals surface area contributed by atoms with Crippen LogP contribution in [0.4, 0.5) is 0 Å². The molecular formula is C12H20O2Si. The molecule has 0 aliphatic rings. The van der Waals surface area contributed by atoms with Crippen molar-refractivity contribution in [1.82, 2.24) is 0 Å². The molecule has 0 aromatic heterocycles. The molecule has 0 atom stereocenters. The molecule has 0 aliphatic carbocycles. The Hall–Kier alpha value is -0.803. The highest BCUT2D eigenvalue weighted by molar-refractivity contribution is 6.73. The lowest BCUT2D eigenvalue weighted by molar-refractivity contribution is 0.391. The molecule has 0 bridgehead atoms. The maximum Gasteiger partial charge on any atom is 0.196 e. The van der Waals surface area contributed by atoms with Crippen LogP contribution in [-0.2, 0) is 10.5 Å². The highest BCUT2D eigenvalue weighted by atomic mass is 28.4. The fourth-order valence-corrected chi connectivity index (χ4v) is 4.55. The van der Waals surface area contributed by atoms with E-state index in [0.29, 0.717) is 5.75 Å². The lowest BCUT2D eigenvalue weighted by Gasteiger charge is -2.27. The Bertz CT molecular complexity index is 283. The number of phenolic OH excluding ortho intramolecular Hbond substituents is 1. The van der Waals surface area contributed by atoms with Gasteiger partial charge in [-0.2, -0.15) is 0 Å². The van der Waals surface area contributed by atoms with E-state index in [9.17, 15) is 5.11 Å². The van der Waals surface area contributed by atoms with Crippen LogP contribution in [0.3, 0.4) is 0 Å². The number of hydrogen-bond donors (Lipinski definition) is 1. The second-order valence-electron chi connectivity index (χ2n) is 3.94. The largest absolute Gasteiger partial charge is 0.508 e. The van der Waals surface area contributed by atoms with Gasteiger partial charge in [-0.3, -0.25) is 0 Å². The van der Waals surface area contributed by atoms with Crippen LogP contribution in [0.1, 0.15) is 19.4 Å². The third-order valence-corrected chi connectivity index (χ3v) is 7.68. The Morgan fingerprint density at radius 2 is 1.67 bits per heavy atom. The van der Waals surface area contributed by atoms with E-state index in [2.05, 4.69) is 13.8 Å². The molecule has 1 N–H and O–H groups in total. The number of aromatic hydroxyl groups is 1. The molecule has 0 fully saturated rings. The van der Waals surface area contributed by atoms with E-state index in [1.165, 1.54) is 5.56 Å². The molecule has 1 aromatic carbocycles. The zero-order chi connectivity index (χ0) is 11.3. The minimum absolute atomic E-state index is 0.330. The predicted octanol–water partition coefficient (Wildman–Crippen LogP) is 3.11. The van der Waals surface area contributed by atoms with Gasteiger partial charge in [-0.25, -0.2) is 0 Å². The van der Waals surface area contributed by atoms with Crippen molar-refractivity contribution in [2.45, 2.75) is 32.0 Å². The van der Waals surface area contributed by atoms with Gasteiger partial charge < -0.3 is 9.53 Å². The highest BCUT2D eigenvalue weighted by Crippen LogP contribution is 2.22. The predicted molar refractivity (Wildman–Crippen MR) is 65.5 cm³/mol. The second kappa shape index (κ2) is 5.33. The zero-order valence-corrected chi connectivity index (χ0v) is 10.8. The van der Waals surface area contributed by atoms with Crippen LogP contribution in [0.5, 0.6) is 5.75 Å². The summed E-state index contributed by atoms with van der Waals surface area (Å²) >= 11 is 0. The van der Waals surface area contributed by atoms with Crippen LogP contribution < -0.4 is 0 Å². The van der Waals surface area contributed by atoms with Crippen LogP contribution in [0, 0.1) is 0 Å². The quantitative estimate of drug-likeness (QED) is 0.779. The zero-order valence-electron chi connectivity index (χ0n) is 9.79. The van der Waals surface area contributed by atoms with Crippen molar-refractivity contribution in [3.63, 3.8) is 0 Å². The molecule has 1 aromatic rings. The Morgan fingerprint density at radius 1 is 1.13 bits per heavy atom. The minimum atomic E-state index is -1.56. The molecule has 0 aliphatic heterocycles. The molecule has 0 radical (unpaired) electrons. The summed E-state index contributed by atoms with van der Waals surface area (Å²) in [7, 11) is 0.276. The number of rotatable bonds is 5. The summed E-state index contributed by atoms with van der Waals surface area (Å²) in [5.74, 6) is 0.330. The Morgan fingerprint density at radius 3 is 2.07 bits per heavy atom. The van der Waals surface area contributed by atoms with E-state index in [-0.39, 0.29) is 0 Å². The molecule has 0 spiro atoms. The van der Waals surface area contributed by atoms with Crippen LogP contribution >= 0.6 is 0 Å². The Kier molecular flexibility index (Phi) is 4.36. The average Bonchev–Trinajstić information content (AvgIpc) is 2.29. The molecular weight excluding hydrogens is 204 g/mol. The fourth-order valence-electron chi connectivity index (χ4n) is 1.85. The Labute approximate surface area is 93.0 Å². The summed E-state index contributed by atoms with van der Waals surface area (Å²) in [6.45, 7) is 4.42. The first kappa shape index (κ1) is 12.3. The van der Waals surface area contributed by atoms with Crippen LogP contribution in [-0.4, -0.2) is 20.5 Å². The first-order valence-corrected chi connectivity index (χ1v) is 8.02. The first-order chi connectivity index (χ1) is 7.15. The molecule has 1 rings (SSSR count). The third-order valence-electron chi connectivity index (χ3n) is 3.18. The summed E-state index contributed by atoms with van der Waals surface area (Å²) < 4.78 is 5.75. The van der Waals surface area contributed by atoms with Crippen molar-refractivity contribution in [3.8, 4) is 5.75 Å². The van der Waals surface area contributed by atoms with Crippen molar-refractivity contribution in [2.24, 2.45) is 0 Å². The van der Waals surface area contributed by atoms with Crippen molar-refractivity contribution in [1.29, 1.82) is 0 Å².